The smallest absolute Gasteiger partial charge is 0.0136 e. The molecule has 88 valence electrons. The first-order chi connectivity index (χ1) is 7.81. The van der Waals surface area contributed by atoms with E-state index in [1.807, 2.05) is 0 Å². The summed E-state index contributed by atoms with van der Waals surface area (Å²) in [7, 11) is 0. The normalized spacial score (nSPS) is 25.6. The summed E-state index contributed by atoms with van der Waals surface area (Å²) in [6, 6.07) is 9.81. The molecular weight excluding hydrogens is 194 g/mol. The molecule has 0 spiro atoms. The van der Waals surface area contributed by atoms with E-state index in [0.717, 1.165) is 12.5 Å². The predicted molar refractivity (Wildman–Crippen MR) is 69.9 cm³/mol. The summed E-state index contributed by atoms with van der Waals surface area (Å²) in [6.07, 6.45) is 5.47. The maximum Gasteiger partial charge on any atom is 0.0136 e. The molecule has 2 unspecified atom stereocenters. The Morgan fingerprint density at radius 2 is 1.81 bits per heavy atom. The number of aryl methyl sites for hydroxylation is 1. The predicted octanol–water partition coefficient (Wildman–Crippen LogP) is 3.63. The molecule has 0 heterocycles. The first-order valence-corrected chi connectivity index (χ1v) is 6.61. The second-order valence-electron chi connectivity index (χ2n) is 4.97. The van der Waals surface area contributed by atoms with Crippen LogP contribution in [0, 0.1) is 6.92 Å². The zero-order valence-electron chi connectivity index (χ0n) is 10.5. The van der Waals surface area contributed by atoms with Crippen molar-refractivity contribution in [2.24, 2.45) is 0 Å². The van der Waals surface area contributed by atoms with Crippen molar-refractivity contribution in [3.8, 4) is 0 Å². The number of hydrogen-bond donors (Lipinski definition) is 1. The Morgan fingerprint density at radius 1 is 1.12 bits per heavy atom. The second-order valence-corrected chi connectivity index (χ2v) is 4.97. The third-order valence-electron chi connectivity index (χ3n) is 3.74. The molecule has 1 heteroatoms. The maximum absolute atomic E-state index is 3.65. The Morgan fingerprint density at radius 3 is 2.50 bits per heavy atom. The van der Waals surface area contributed by atoms with Gasteiger partial charge in [0.05, 0.1) is 0 Å². The third-order valence-corrected chi connectivity index (χ3v) is 3.74. The van der Waals surface area contributed by atoms with Gasteiger partial charge in [-0.3, -0.25) is 0 Å². The minimum absolute atomic E-state index is 0.696. The van der Waals surface area contributed by atoms with Crippen molar-refractivity contribution in [2.45, 2.75) is 51.5 Å². The lowest BCUT2D eigenvalue weighted by Crippen LogP contribution is -2.37. The molecule has 0 aromatic heterocycles. The van der Waals surface area contributed by atoms with E-state index in [1.54, 1.807) is 0 Å². The van der Waals surface area contributed by atoms with Gasteiger partial charge in [0.1, 0.15) is 0 Å². The zero-order valence-corrected chi connectivity index (χ0v) is 10.5. The van der Waals surface area contributed by atoms with Crippen molar-refractivity contribution in [2.75, 3.05) is 6.54 Å². The topological polar surface area (TPSA) is 12.0 Å². The fourth-order valence-electron chi connectivity index (χ4n) is 2.85. The number of hydrogen-bond acceptors (Lipinski definition) is 1. The molecule has 0 aliphatic heterocycles. The summed E-state index contributed by atoms with van der Waals surface area (Å²) < 4.78 is 0. The number of rotatable bonds is 3. The van der Waals surface area contributed by atoms with Crippen molar-refractivity contribution >= 4 is 0 Å². The van der Waals surface area contributed by atoms with Gasteiger partial charge < -0.3 is 5.32 Å². The van der Waals surface area contributed by atoms with Gasteiger partial charge in [-0.05, 0) is 37.8 Å². The number of nitrogens with one attached hydrogen (secondary N) is 1. The van der Waals surface area contributed by atoms with Gasteiger partial charge in [-0.25, -0.2) is 0 Å². The van der Waals surface area contributed by atoms with Crippen LogP contribution in [0.2, 0.25) is 0 Å². The fourth-order valence-corrected chi connectivity index (χ4v) is 2.85. The van der Waals surface area contributed by atoms with Crippen LogP contribution >= 0.6 is 0 Å². The van der Waals surface area contributed by atoms with Crippen LogP contribution in [-0.2, 0) is 0 Å². The van der Waals surface area contributed by atoms with Gasteiger partial charge in [-0.15, -0.1) is 0 Å². The molecule has 16 heavy (non-hydrogen) atoms. The Bertz CT molecular complexity index is 313. The Hall–Kier alpha value is -0.820. The molecular formula is C15H23N. The summed E-state index contributed by atoms with van der Waals surface area (Å²) in [5.41, 5.74) is 2.89. The van der Waals surface area contributed by atoms with Gasteiger partial charge in [0.2, 0.25) is 0 Å². The molecule has 0 bridgehead atoms. The van der Waals surface area contributed by atoms with Gasteiger partial charge in [-0.1, -0.05) is 49.6 Å². The Labute approximate surface area is 99.3 Å². The molecule has 1 saturated carbocycles. The minimum atomic E-state index is 0.696. The van der Waals surface area contributed by atoms with E-state index in [-0.39, 0.29) is 0 Å². The van der Waals surface area contributed by atoms with Crippen LogP contribution in [0.5, 0.6) is 0 Å². The molecule has 2 rings (SSSR count). The van der Waals surface area contributed by atoms with E-state index in [0.29, 0.717) is 6.04 Å². The van der Waals surface area contributed by atoms with E-state index < -0.39 is 0 Å². The summed E-state index contributed by atoms with van der Waals surface area (Å²) >= 11 is 0. The Balaban J connectivity index is 2.13. The summed E-state index contributed by atoms with van der Waals surface area (Å²) in [4.78, 5) is 0. The first-order valence-electron chi connectivity index (χ1n) is 6.61. The lowest BCUT2D eigenvalue weighted by molar-refractivity contribution is 0.332. The molecule has 1 aliphatic carbocycles. The zero-order chi connectivity index (χ0) is 11.4. The third kappa shape index (κ3) is 2.65. The van der Waals surface area contributed by atoms with Crippen LogP contribution in [0.15, 0.2) is 24.3 Å². The Kier molecular flexibility index (Phi) is 4.00. The molecule has 2 atom stereocenters. The molecule has 1 N–H and O–H groups in total. The monoisotopic (exact) mass is 217 g/mol. The number of likely N-dealkylation sites (N-methyl/N-ethyl adjacent to an activating group) is 1. The summed E-state index contributed by atoms with van der Waals surface area (Å²) in [5.74, 6) is 0.731. The van der Waals surface area contributed by atoms with Gasteiger partial charge in [-0.2, -0.15) is 0 Å². The fraction of sp³-hybridized carbons (Fsp3) is 0.600. The average molecular weight is 217 g/mol. The lowest BCUT2D eigenvalue weighted by Gasteiger charge is -2.32. The molecule has 1 aromatic carbocycles. The van der Waals surface area contributed by atoms with E-state index in [9.17, 15) is 0 Å². The van der Waals surface area contributed by atoms with Gasteiger partial charge in [0.15, 0.2) is 0 Å². The van der Waals surface area contributed by atoms with Gasteiger partial charge >= 0.3 is 0 Å². The largest absolute Gasteiger partial charge is 0.314 e. The van der Waals surface area contributed by atoms with Crippen LogP contribution in [-0.4, -0.2) is 12.6 Å². The lowest BCUT2D eigenvalue weighted by atomic mass is 9.80. The molecule has 1 fully saturated rings. The summed E-state index contributed by atoms with van der Waals surface area (Å²) in [5, 5.41) is 3.65. The van der Waals surface area contributed by atoms with Crippen LogP contribution in [0.1, 0.15) is 49.7 Å². The van der Waals surface area contributed by atoms with E-state index in [4.69, 9.17) is 0 Å². The molecule has 1 nitrogen and oxygen atoms in total. The van der Waals surface area contributed by atoms with Crippen molar-refractivity contribution in [3.63, 3.8) is 0 Å². The highest BCUT2D eigenvalue weighted by Crippen LogP contribution is 2.33. The van der Waals surface area contributed by atoms with Crippen molar-refractivity contribution in [3.05, 3.63) is 35.4 Å². The van der Waals surface area contributed by atoms with Crippen molar-refractivity contribution in [1.82, 2.24) is 5.32 Å². The molecule has 0 amide bonds. The van der Waals surface area contributed by atoms with E-state index >= 15 is 0 Å². The van der Waals surface area contributed by atoms with Crippen molar-refractivity contribution in [1.29, 1.82) is 0 Å². The maximum atomic E-state index is 3.65. The molecule has 1 aliphatic rings. The second kappa shape index (κ2) is 5.49. The SMILES string of the molecule is CCNC1CCCCC1c1ccc(C)cc1. The highest BCUT2D eigenvalue weighted by atomic mass is 14.9. The van der Waals surface area contributed by atoms with Gasteiger partial charge in [0.25, 0.3) is 0 Å². The highest BCUT2D eigenvalue weighted by molar-refractivity contribution is 5.26. The molecule has 1 aromatic rings. The van der Waals surface area contributed by atoms with Gasteiger partial charge in [0, 0.05) is 6.04 Å². The number of benzene rings is 1. The average Bonchev–Trinajstić information content (AvgIpc) is 2.32. The highest BCUT2D eigenvalue weighted by Gasteiger charge is 2.25. The summed E-state index contributed by atoms with van der Waals surface area (Å²) in [6.45, 7) is 5.46. The van der Waals surface area contributed by atoms with E-state index in [2.05, 4.69) is 43.4 Å². The molecule has 0 radical (unpaired) electrons. The van der Waals surface area contributed by atoms with Crippen LogP contribution in [0.3, 0.4) is 0 Å². The molecule has 0 saturated heterocycles. The first kappa shape index (κ1) is 11.7. The van der Waals surface area contributed by atoms with Crippen molar-refractivity contribution < 1.29 is 0 Å². The minimum Gasteiger partial charge on any atom is -0.314 e. The van der Waals surface area contributed by atoms with Crippen LogP contribution in [0.4, 0.5) is 0 Å². The van der Waals surface area contributed by atoms with Crippen LogP contribution < -0.4 is 5.32 Å². The quantitative estimate of drug-likeness (QED) is 0.815. The van der Waals surface area contributed by atoms with E-state index in [1.165, 1.54) is 36.8 Å². The standard InChI is InChI=1S/C15H23N/c1-3-16-15-7-5-4-6-14(15)13-10-8-12(2)9-11-13/h8-11,14-16H,3-7H2,1-2H3. The van der Waals surface area contributed by atoms with Crippen LogP contribution in [0.25, 0.3) is 0 Å².